The van der Waals surface area contributed by atoms with Gasteiger partial charge in [0.1, 0.15) is 0 Å². The molecule has 0 aromatic rings. The second kappa shape index (κ2) is 12.6. The van der Waals surface area contributed by atoms with E-state index in [1.807, 2.05) is 27.7 Å². The van der Waals surface area contributed by atoms with E-state index in [0.29, 0.717) is 0 Å². The van der Waals surface area contributed by atoms with Crippen molar-refractivity contribution in [3.8, 4) is 0 Å². The third-order valence-electron chi connectivity index (χ3n) is 11.1. The van der Waals surface area contributed by atoms with Crippen LogP contribution in [0.2, 0.25) is 0 Å². The Balaban J connectivity index is 0.000000169. The molecule has 0 heteroatoms. The minimum absolute atomic E-state index is 0. The van der Waals surface area contributed by atoms with Crippen molar-refractivity contribution in [2.75, 3.05) is 0 Å². The zero-order chi connectivity index (χ0) is 23.3. The number of hydrogen-bond acceptors (Lipinski definition) is 0. The Bertz CT molecular complexity index is 521. The van der Waals surface area contributed by atoms with E-state index in [2.05, 4.69) is 20.8 Å². The zero-order valence-electron chi connectivity index (χ0n) is 23.3. The number of hydrogen-bond donors (Lipinski definition) is 0. The largest absolute Gasteiger partial charge is 0.0683 e. The van der Waals surface area contributed by atoms with Crippen LogP contribution >= 0.6 is 0 Å². The van der Waals surface area contributed by atoms with Crippen LogP contribution in [0, 0.1) is 65.1 Å². The Kier molecular flexibility index (Phi) is 10.5. The quantitative estimate of drug-likeness (QED) is 0.324. The van der Waals surface area contributed by atoms with Crippen LogP contribution in [0.1, 0.15) is 140 Å². The summed E-state index contributed by atoms with van der Waals surface area (Å²) < 4.78 is 0. The standard InChI is InChI=1S/C13H20.C8H14.C7H14.2C2H6.H2/c1-7-4-10-6-11(7)13-9-3-2-8(5-9)12(10)13;1-6-4-7-2-3-8(6)5-7;1-7-5-3-2-4-6-7;2*1-2;/h7-13H,2-6H2,1H3;6-8H,2-5H2,1H3;7H,2-6H2,1H3;2*1-2H3;1H. The lowest BCUT2D eigenvalue weighted by Crippen LogP contribution is -2.31. The topological polar surface area (TPSA) is 0 Å². The Labute approximate surface area is 205 Å². The third kappa shape index (κ3) is 5.79. The van der Waals surface area contributed by atoms with Gasteiger partial charge in [0.25, 0.3) is 0 Å². The molecule has 0 nitrogen and oxygen atoms in total. The van der Waals surface area contributed by atoms with Crippen molar-refractivity contribution in [1.82, 2.24) is 0 Å². The Morgan fingerprint density at radius 2 is 1.09 bits per heavy atom. The van der Waals surface area contributed by atoms with E-state index in [9.17, 15) is 0 Å². The molecule has 32 heavy (non-hydrogen) atoms. The summed E-state index contributed by atoms with van der Waals surface area (Å²) >= 11 is 0. The molecule has 7 saturated carbocycles. The maximum atomic E-state index is 2.52. The predicted octanol–water partition coefficient (Wildman–Crippen LogP) is 10.7. The van der Waals surface area contributed by atoms with E-state index in [-0.39, 0.29) is 1.43 Å². The summed E-state index contributed by atoms with van der Waals surface area (Å²) in [6.45, 7) is 15.3. The van der Waals surface area contributed by atoms with E-state index in [1.54, 1.807) is 57.8 Å². The maximum absolute atomic E-state index is 2.52. The Morgan fingerprint density at radius 1 is 0.469 bits per heavy atom. The van der Waals surface area contributed by atoms with E-state index in [1.165, 1.54) is 67.6 Å². The normalized spacial score (nSPS) is 46.6. The molecule has 0 aromatic heterocycles. The summed E-state index contributed by atoms with van der Waals surface area (Å²) in [7, 11) is 0. The first kappa shape index (κ1) is 26.6. The molecule has 7 aliphatic rings. The van der Waals surface area contributed by atoms with Gasteiger partial charge in [-0.15, -0.1) is 0 Å². The number of rotatable bonds is 0. The fourth-order valence-electron chi connectivity index (χ4n) is 9.77. The van der Waals surface area contributed by atoms with Gasteiger partial charge in [-0.2, -0.15) is 0 Å². The summed E-state index contributed by atoms with van der Waals surface area (Å²) in [6.07, 6.45) is 21.7. The molecular weight excluding hydrogens is 384 g/mol. The zero-order valence-corrected chi connectivity index (χ0v) is 23.3. The highest BCUT2D eigenvalue weighted by Crippen LogP contribution is 2.68. The van der Waals surface area contributed by atoms with Crippen LogP contribution in [0.15, 0.2) is 0 Å². The summed E-state index contributed by atoms with van der Waals surface area (Å²) in [6, 6.07) is 0. The molecule has 10 atom stereocenters. The highest BCUT2D eigenvalue weighted by Gasteiger charge is 2.61. The Hall–Kier alpha value is 0. The molecule has 190 valence electrons. The third-order valence-corrected chi connectivity index (χ3v) is 11.1. The molecule has 0 spiro atoms. The molecule has 7 rings (SSSR count). The molecule has 0 saturated heterocycles. The molecule has 0 radical (unpaired) electrons. The van der Waals surface area contributed by atoms with Crippen LogP contribution in [0.4, 0.5) is 0 Å². The lowest BCUT2D eigenvalue weighted by molar-refractivity contribution is 0.112. The monoisotopic (exact) mass is 446 g/mol. The molecule has 7 fully saturated rings. The molecule has 0 aromatic carbocycles. The van der Waals surface area contributed by atoms with Crippen LogP contribution in [0.25, 0.3) is 0 Å². The van der Waals surface area contributed by atoms with Gasteiger partial charge in [0, 0.05) is 1.43 Å². The highest BCUT2D eigenvalue weighted by molar-refractivity contribution is 5.10. The van der Waals surface area contributed by atoms with Gasteiger partial charge in [-0.3, -0.25) is 0 Å². The van der Waals surface area contributed by atoms with Gasteiger partial charge in [0.05, 0.1) is 0 Å². The van der Waals surface area contributed by atoms with Gasteiger partial charge in [-0.1, -0.05) is 87.0 Å². The smallest absolute Gasteiger partial charge is 0 e. The van der Waals surface area contributed by atoms with Gasteiger partial charge in [0.15, 0.2) is 0 Å². The van der Waals surface area contributed by atoms with Crippen molar-refractivity contribution in [3.63, 3.8) is 0 Å². The van der Waals surface area contributed by atoms with Crippen molar-refractivity contribution >= 4 is 0 Å². The molecule has 6 bridgehead atoms. The fourth-order valence-corrected chi connectivity index (χ4v) is 9.77. The van der Waals surface area contributed by atoms with Crippen molar-refractivity contribution in [2.45, 2.75) is 138 Å². The summed E-state index contributed by atoms with van der Waals surface area (Å²) in [5, 5.41) is 0. The molecular formula is C32H62. The van der Waals surface area contributed by atoms with E-state index in [0.717, 1.165) is 29.6 Å². The predicted molar refractivity (Wildman–Crippen MR) is 145 cm³/mol. The molecule has 10 unspecified atom stereocenters. The molecule has 0 amide bonds. The Morgan fingerprint density at radius 3 is 1.56 bits per heavy atom. The first-order valence-corrected chi connectivity index (χ1v) is 15.6. The lowest BCUT2D eigenvalue weighted by Gasteiger charge is -2.37. The highest BCUT2D eigenvalue weighted by atomic mass is 14.7. The SMILES string of the molecule is CC.CC.CC1CC2CC1C1C3CCC(C3)C21.CC1CC2CCC1C2.CC1CCCCC1.[HH]. The van der Waals surface area contributed by atoms with Gasteiger partial charge >= 0.3 is 0 Å². The van der Waals surface area contributed by atoms with Crippen molar-refractivity contribution in [3.05, 3.63) is 0 Å². The molecule has 0 N–H and O–H groups in total. The van der Waals surface area contributed by atoms with Gasteiger partial charge < -0.3 is 0 Å². The number of fused-ring (bicyclic) bond motifs is 11. The fraction of sp³-hybridized carbons (Fsp3) is 1.00. The second-order valence-electron chi connectivity index (χ2n) is 12.8. The minimum atomic E-state index is 0. The molecule has 0 heterocycles. The molecule has 7 aliphatic carbocycles. The van der Waals surface area contributed by atoms with Crippen LogP contribution in [0.5, 0.6) is 0 Å². The van der Waals surface area contributed by atoms with Gasteiger partial charge in [-0.25, -0.2) is 0 Å². The van der Waals surface area contributed by atoms with Crippen LogP contribution in [-0.2, 0) is 0 Å². The second-order valence-corrected chi connectivity index (χ2v) is 12.8. The first-order valence-electron chi connectivity index (χ1n) is 15.6. The van der Waals surface area contributed by atoms with Crippen molar-refractivity contribution in [1.29, 1.82) is 0 Å². The van der Waals surface area contributed by atoms with Crippen LogP contribution < -0.4 is 0 Å². The van der Waals surface area contributed by atoms with Gasteiger partial charge in [0.2, 0.25) is 0 Å². The minimum Gasteiger partial charge on any atom is -0.0683 e. The van der Waals surface area contributed by atoms with Gasteiger partial charge in [-0.05, 0) is 116 Å². The van der Waals surface area contributed by atoms with Crippen molar-refractivity contribution < 1.29 is 1.43 Å². The maximum Gasteiger partial charge on any atom is 0 e. The lowest BCUT2D eigenvalue weighted by atomic mass is 9.68. The van der Waals surface area contributed by atoms with E-state index >= 15 is 0 Å². The van der Waals surface area contributed by atoms with Crippen LogP contribution in [-0.4, -0.2) is 0 Å². The average molecular weight is 447 g/mol. The van der Waals surface area contributed by atoms with Crippen molar-refractivity contribution in [2.24, 2.45) is 65.1 Å². The average Bonchev–Trinajstić information content (AvgIpc) is 3.65. The summed E-state index contributed by atoms with van der Waals surface area (Å²) in [5.74, 6) is 12.7. The molecule has 0 aliphatic heterocycles. The summed E-state index contributed by atoms with van der Waals surface area (Å²) in [5.41, 5.74) is 0. The first-order chi connectivity index (χ1) is 15.6. The van der Waals surface area contributed by atoms with Crippen LogP contribution in [0.3, 0.4) is 0 Å². The van der Waals surface area contributed by atoms with E-state index in [4.69, 9.17) is 0 Å². The summed E-state index contributed by atoms with van der Waals surface area (Å²) in [4.78, 5) is 0. The van der Waals surface area contributed by atoms with E-state index < -0.39 is 0 Å².